The van der Waals surface area contributed by atoms with Crippen LogP contribution < -0.4 is 10.6 Å². The Morgan fingerprint density at radius 3 is 1.35 bits per heavy atom. The van der Waals surface area contributed by atoms with E-state index in [0.29, 0.717) is 13.2 Å². The van der Waals surface area contributed by atoms with Gasteiger partial charge in [-0.25, -0.2) is 0 Å². The van der Waals surface area contributed by atoms with Crippen LogP contribution in [0.1, 0.15) is 0 Å². The molecule has 6 aromatic rings. The van der Waals surface area contributed by atoms with Crippen LogP contribution in [0.4, 0.5) is 11.4 Å². The average Bonchev–Trinajstić information content (AvgIpc) is 2.91. The number of anilines is 2. The second kappa shape index (κ2) is 10.5. The topological polar surface area (TPSA) is 33.3 Å². The fourth-order valence-corrected chi connectivity index (χ4v) is 5.43. The van der Waals surface area contributed by atoms with Crippen LogP contribution in [0.15, 0.2) is 97.1 Å². The van der Waals surface area contributed by atoms with Gasteiger partial charge in [-0.1, -0.05) is 71.7 Å². The van der Waals surface area contributed by atoms with Crippen LogP contribution >= 0.6 is 23.2 Å². The van der Waals surface area contributed by atoms with Crippen molar-refractivity contribution in [2.45, 2.75) is 0 Å². The lowest BCUT2D eigenvalue weighted by atomic mass is 10.0. The maximum absolute atomic E-state index is 6.44. The van der Waals surface area contributed by atoms with Gasteiger partial charge in [0.05, 0.1) is 13.2 Å². The Balaban J connectivity index is 1.06. The fraction of sp³-hybridized carbons (Fsp3) is 0.125. The molecule has 0 saturated carbocycles. The molecule has 0 heterocycles. The predicted octanol–water partition coefficient (Wildman–Crippen LogP) is 9.15. The fourth-order valence-electron chi connectivity index (χ4n) is 4.95. The van der Waals surface area contributed by atoms with E-state index in [4.69, 9.17) is 27.9 Å². The molecule has 0 aliphatic rings. The van der Waals surface area contributed by atoms with Crippen LogP contribution in [0, 0.1) is 0 Å². The third kappa shape index (κ3) is 4.91. The lowest BCUT2D eigenvalue weighted by Gasteiger charge is -2.13. The maximum atomic E-state index is 6.44. The summed E-state index contributed by atoms with van der Waals surface area (Å²) in [5.41, 5.74) is 2.17. The molecule has 0 saturated heterocycles. The predicted molar refractivity (Wildman–Crippen MR) is 161 cm³/mol. The number of benzene rings is 6. The summed E-state index contributed by atoms with van der Waals surface area (Å²) in [5, 5.41) is 17.7. The molecule has 6 aromatic carbocycles. The van der Waals surface area contributed by atoms with Gasteiger partial charge in [-0.15, -0.1) is 0 Å². The highest BCUT2D eigenvalue weighted by atomic mass is 35.5. The molecule has 0 aromatic heterocycles. The van der Waals surface area contributed by atoms with Crippen molar-refractivity contribution in [2.75, 3.05) is 36.9 Å². The molecule has 6 rings (SSSR count). The van der Waals surface area contributed by atoms with Crippen molar-refractivity contribution < 1.29 is 4.74 Å². The first-order chi connectivity index (χ1) is 18.2. The second-order valence-electron chi connectivity index (χ2n) is 9.15. The number of fused-ring (bicyclic) bond motifs is 4. The second-order valence-corrected chi connectivity index (χ2v) is 9.96. The highest BCUT2D eigenvalue weighted by Gasteiger charge is 2.07. The Morgan fingerprint density at radius 1 is 0.486 bits per heavy atom. The van der Waals surface area contributed by atoms with Gasteiger partial charge in [-0.2, -0.15) is 0 Å². The minimum atomic E-state index is 0.613. The molecular formula is C32H26Cl2N2O. The number of hydrogen-bond donors (Lipinski definition) is 2. The number of ether oxygens (including phenoxy) is 1. The van der Waals surface area contributed by atoms with Crippen molar-refractivity contribution in [1.29, 1.82) is 0 Å². The van der Waals surface area contributed by atoms with Crippen molar-refractivity contribution in [3.63, 3.8) is 0 Å². The summed E-state index contributed by atoms with van der Waals surface area (Å²) in [6.45, 7) is 2.67. The molecule has 0 radical (unpaired) electrons. The summed E-state index contributed by atoms with van der Waals surface area (Å²) < 4.78 is 5.91. The Morgan fingerprint density at radius 2 is 0.892 bits per heavy atom. The van der Waals surface area contributed by atoms with Crippen molar-refractivity contribution >= 4 is 77.7 Å². The zero-order chi connectivity index (χ0) is 25.2. The molecule has 0 aliphatic carbocycles. The standard InChI is InChI=1S/C32H26Cl2N2O/c33-29-9-1-5-21-17-23-7-3-11-31(27(23)19-25(21)29)35-13-15-37-16-14-36-32-12-4-8-24-18-22-6-2-10-30(34)26(22)20-28(24)32/h1-12,17-20,35-36H,13-16H2. The van der Waals surface area contributed by atoms with Crippen LogP contribution in [-0.2, 0) is 4.74 Å². The van der Waals surface area contributed by atoms with Gasteiger partial charge in [-0.05, 0) is 70.1 Å². The van der Waals surface area contributed by atoms with E-state index in [9.17, 15) is 0 Å². The van der Waals surface area contributed by atoms with E-state index in [-0.39, 0.29) is 0 Å². The third-order valence-electron chi connectivity index (χ3n) is 6.78. The molecule has 0 spiro atoms. The minimum Gasteiger partial charge on any atom is -0.382 e. The van der Waals surface area contributed by atoms with Gasteiger partial charge in [0.1, 0.15) is 0 Å². The Bertz CT molecular complexity index is 1620. The molecule has 5 heteroatoms. The zero-order valence-electron chi connectivity index (χ0n) is 20.2. The highest BCUT2D eigenvalue weighted by Crippen LogP contribution is 2.33. The Labute approximate surface area is 225 Å². The van der Waals surface area contributed by atoms with Crippen LogP contribution in [0.25, 0.3) is 43.1 Å². The third-order valence-corrected chi connectivity index (χ3v) is 7.44. The molecule has 0 unspecified atom stereocenters. The highest BCUT2D eigenvalue weighted by molar-refractivity contribution is 6.36. The first-order valence-corrected chi connectivity index (χ1v) is 13.2. The van der Waals surface area contributed by atoms with Crippen LogP contribution in [0.2, 0.25) is 10.0 Å². The quantitative estimate of drug-likeness (QED) is 0.154. The number of hydrogen-bond acceptors (Lipinski definition) is 3. The molecule has 0 aliphatic heterocycles. The average molecular weight is 525 g/mol. The Kier molecular flexibility index (Phi) is 6.75. The van der Waals surface area contributed by atoms with Crippen molar-refractivity contribution in [1.82, 2.24) is 0 Å². The van der Waals surface area contributed by atoms with E-state index in [0.717, 1.165) is 66.8 Å². The number of rotatable bonds is 8. The van der Waals surface area contributed by atoms with Gasteiger partial charge in [0.25, 0.3) is 0 Å². The maximum Gasteiger partial charge on any atom is 0.0639 e. The van der Waals surface area contributed by atoms with Crippen molar-refractivity contribution in [3.8, 4) is 0 Å². The van der Waals surface area contributed by atoms with Gasteiger partial charge in [0, 0.05) is 56.1 Å². The zero-order valence-corrected chi connectivity index (χ0v) is 21.7. The minimum absolute atomic E-state index is 0.613. The molecule has 184 valence electrons. The molecule has 0 atom stereocenters. The largest absolute Gasteiger partial charge is 0.382 e. The molecule has 3 nitrogen and oxygen atoms in total. The van der Waals surface area contributed by atoms with Gasteiger partial charge < -0.3 is 15.4 Å². The van der Waals surface area contributed by atoms with Crippen LogP contribution in [0.3, 0.4) is 0 Å². The summed E-state index contributed by atoms with van der Waals surface area (Å²) in [7, 11) is 0. The molecule has 0 amide bonds. The van der Waals surface area contributed by atoms with Crippen LogP contribution in [0.5, 0.6) is 0 Å². The van der Waals surface area contributed by atoms with E-state index in [2.05, 4.69) is 83.4 Å². The lowest BCUT2D eigenvalue weighted by molar-refractivity contribution is 0.154. The first kappa shape index (κ1) is 23.9. The van der Waals surface area contributed by atoms with E-state index >= 15 is 0 Å². The number of halogens is 2. The lowest BCUT2D eigenvalue weighted by Crippen LogP contribution is -2.14. The van der Waals surface area contributed by atoms with Crippen LogP contribution in [-0.4, -0.2) is 26.3 Å². The van der Waals surface area contributed by atoms with Gasteiger partial charge in [0.2, 0.25) is 0 Å². The molecular weight excluding hydrogens is 499 g/mol. The van der Waals surface area contributed by atoms with Gasteiger partial charge in [-0.3, -0.25) is 0 Å². The molecule has 2 N–H and O–H groups in total. The van der Waals surface area contributed by atoms with Gasteiger partial charge in [0.15, 0.2) is 0 Å². The molecule has 0 fully saturated rings. The van der Waals surface area contributed by atoms with E-state index < -0.39 is 0 Å². The monoisotopic (exact) mass is 524 g/mol. The summed E-state index contributed by atoms with van der Waals surface area (Å²) in [5.74, 6) is 0. The SMILES string of the molecule is Clc1cccc2cc3cccc(NCCOCCNc4cccc5cc6cccc(Cl)c6cc45)c3cc12. The van der Waals surface area contributed by atoms with Crippen molar-refractivity contribution in [3.05, 3.63) is 107 Å². The molecule has 37 heavy (non-hydrogen) atoms. The normalized spacial score (nSPS) is 11.5. The molecule has 0 bridgehead atoms. The van der Waals surface area contributed by atoms with E-state index in [1.54, 1.807) is 0 Å². The summed E-state index contributed by atoms with van der Waals surface area (Å²) in [4.78, 5) is 0. The summed E-state index contributed by atoms with van der Waals surface area (Å²) in [6.07, 6.45) is 0. The summed E-state index contributed by atoms with van der Waals surface area (Å²) >= 11 is 12.9. The van der Waals surface area contributed by atoms with E-state index in [1.807, 2.05) is 24.3 Å². The first-order valence-electron chi connectivity index (χ1n) is 12.4. The van der Waals surface area contributed by atoms with Gasteiger partial charge >= 0.3 is 0 Å². The summed E-state index contributed by atoms with van der Waals surface area (Å²) in [6, 6.07) is 33.4. The smallest absolute Gasteiger partial charge is 0.0639 e. The number of nitrogens with one attached hydrogen (secondary N) is 2. The Hall–Kier alpha value is -3.50. The van der Waals surface area contributed by atoms with E-state index in [1.165, 1.54) is 10.8 Å². The van der Waals surface area contributed by atoms with Crippen molar-refractivity contribution in [2.24, 2.45) is 0 Å².